The Labute approximate surface area is 158 Å². The van der Waals surface area contributed by atoms with Crippen molar-refractivity contribution in [1.82, 2.24) is 5.32 Å². The summed E-state index contributed by atoms with van der Waals surface area (Å²) in [6.07, 6.45) is 0. The molecule has 0 heterocycles. The molecule has 24 heavy (non-hydrogen) atoms. The number of hydrogen-bond donors (Lipinski definition) is 3. The molecule has 6 heteroatoms. The molecular formula is C18H13IN2O2S. The number of fused-ring (bicyclic) bond motifs is 1. The van der Waals surface area contributed by atoms with Gasteiger partial charge in [0.2, 0.25) is 0 Å². The quantitative estimate of drug-likeness (QED) is 0.405. The lowest BCUT2D eigenvalue weighted by molar-refractivity contribution is 0.0977. The van der Waals surface area contributed by atoms with Gasteiger partial charge in [-0.05, 0) is 88.7 Å². The number of carbonyl (C=O) groups excluding carboxylic acids is 1. The van der Waals surface area contributed by atoms with E-state index in [0.717, 1.165) is 20.0 Å². The highest BCUT2D eigenvalue weighted by Gasteiger charge is 2.09. The standard InChI is InChI=1S/C18H13IN2O2S/c19-13-6-4-11(5-7-13)17(23)21-18(24)20-16-3-1-2-12-10-14(22)8-9-15(12)16/h1-10,22H,(H2,20,21,23,24). The van der Waals surface area contributed by atoms with E-state index in [9.17, 15) is 9.90 Å². The van der Waals surface area contributed by atoms with Crippen molar-refractivity contribution < 1.29 is 9.90 Å². The van der Waals surface area contributed by atoms with E-state index in [0.29, 0.717) is 5.56 Å². The van der Waals surface area contributed by atoms with Crippen LogP contribution in [0.3, 0.4) is 0 Å². The summed E-state index contributed by atoms with van der Waals surface area (Å²) < 4.78 is 1.06. The lowest BCUT2D eigenvalue weighted by Crippen LogP contribution is -2.34. The van der Waals surface area contributed by atoms with Crippen LogP contribution in [0.25, 0.3) is 10.8 Å². The third kappa shape index (κ3) is 3.82. The lowest BCUT2D eigenvalue weighted by atomic mass is 10.1. The van der Waals surface area contributed by atoms with Crippen LogP contribution in [0.5, 0.6) is 5.75 Å². The highest BCUT2D eigenvalue weighted by Crippen LogP contribution is 2.26. The molecule has 1 amide bonds. The number of anilines is 1. The van der Waals surface area contributed by atoms with Crippen molar-refractivity contribution in [2.24, 2.45) is 0 Å². The minimum absolute atomic E-state index is 0.203. The Morgan fingerprint density at radius 1 is 1.04 bits per heavy atom. The predicted octanol–water partition coefficient (Wildman–Crippen LogP) is 4.28. The maximum Gasteiger partial charge on any atom is 0.257 e. The van der Waals surface area contributed by atoms with Gasteiger partial charge < -0.3 is 10.4 Å². The predicted molar refractivity (Wildman–Crippen MR) is 108 cm³/mol. The molecule has 4 nitrogen and oxygen atoms in total. The Morgan fingerprint density at radius 3 is 2.54 bits per heavy atom. The van der Waals surface area contributed by atoms with Crippen LogP contribution in [0.2, 0.25) is 0 Å². The van der Waals surface area contributed by atoms with Crippen molar-refractivity contribution in [2.75, 3.05) is 5.32 Å². The normalized spacial score (nSPS) is 10.4. The van der Waals surface area contributed by atoms with Gasteiger partial charge in [0.05, 0.1) is 0 Å². The third-order valence-corrected chi connectivity index (χ3v) is 4.37. The molecule has 0 radical (unpaired) electrons. The lowest BCUT2D eigenvalue weighted by Gasteiger charge is -2.12. The fourth-order valence-electron chi connectivity index (χ4n) is 2.31. The van der Waals surface area contributed by atoms with E-state index in [2.05, 4.69) is 33.2 Å². The van der Waals surface area contributed by atoms with Gasteiger partial charge in [0.1, 0.15) is 5.75 Å². The number of rotatable bonds is 2. The van der Waals surface area contributed by atoms with Crippen LogP contribution in [-0.2, 0) is 0 Å². The molecule has 3 aromatic carbocycles. The molecule has 3 aromatic rings. The largest absolute Gasteiger partial charge is 0.508 e. The van der Waals surface area contributed by atoms with Crippen LogP contribution >= 0.6 is 34.8 Å². The number of thiocarbonyl (C=S) groups is 1. The van der Waals surface area contributed by atoms with Gasteiger partial charge in [-0.1, -0.05) is 12.1 Å². The maximum atomic E-state index is 12.2. The molecule has 0 saturated heterocycles. The highest BCUT2D eigenvalue weighted by atomic mass is 127. The molecule has 0 bridgehead atoms. The van der Waals surface area contributed by atoms with Crippen LogP contribution in [0.4, 0.5) is 5.69 Å². The number of amides is 1. The summed E-state index contributed by atoms with van der Waals surface area (Å²) >= 11 is 7.42. The average Bonchev–Trinajstić information content (AvgIpc) is 2.55. The van der Waals surface area contributed by atoms with Crippen LogP contribution in [0, 0.1) is 3.57 Å². The van der Waals surface area contributed by atoms with E-state index in [1.807, 2.05) is 30.3 Å². The van der Waals surface area contributed by atoms with Gasteiger partial charge in [-0.3, -0.25) is 10.1 Å². The van der Waals surface area contributed by atoms with Gasteiger partial charge in [-0.2, -0.15) is 0 Å². The second-order valence-electron chi connectivity index (χ2n) is 5.13. The minimum atomic E-state index is -0.262. The van der Waals surface area contributed by atoms with Crippen LogP contribution in [-0.4, -0.2) is 16.1 Å². The second kappa shape index (κ2) is 7.14. The fraction of sp³-hybridized carbons (Fsp3) is 0. The third-order valence-electron chi connectivity index (χ3n) is 3.45. The maximum absolute atomic E-state index is 12.2. The van der Waals surface area contributed by atoms with Gasteiger partial charge in [-0.25, -0.2) is 0 Å². The van der Waals surface area contributed by atoms with E-state index in [-0.39, 0.29) is 16.8 Å². The number of nitrogens with one attached hydrogen (secondary N) is 2. The zero-order chi connectivity index (χ0) is 17.1. The molecule has 0 fully saturated rings. The van der Waals surface area contributed by atoms with Crippen molar-refractivity contribution in [1.29, 1.82) is 0 Å². The summed E-state index contributed by atoms with van der Waals surface area (Å²) in [5.41, 5.74) is 1.31. The van der Waals surface area contributed by atoms with Crippen molar-refractivity contribution in [3.63, 3.8) is 0 Å². The number of aromatic hydroxyl groups is 1. The number of benzene rings is 3. The average molecular weight is 448 g/mol. The molecule has 0 spiro atoms. The Kier molecular flexibility index (Phi) is 4.96. The number of phenols is 1. The number of phenolic OH excluding ortho intramolecular Hbond substituents is 1. The zero-order valence-corrected chi connectivity index (χ0v) is 15.4. The molecule has 0 aliphatic rings. The van der Waals surface area contributed by atoms with Crippen molar-refractivity contribution in [3.05, 3.63) is 69.8 Å². The molecule has 3 rings (SSSR count). The molecule has 0 atom stereocenters. The first kappa shape index (κ1) is 16.7. The highest BCUT2D eigenvalue weighted by molar-refractivity contribution is 14.1. The van der Waals surface area contributed by atoms with Gasteiger partial charge in [0.15, 0.2) is 5.11 Å². The van der Waals surface area contributed by atoms with E-state index in [1.54, 1.807) is 30.3 Å². The molecule has 0 saturated carbocycles. The monoisotopic (exact) mass is 448 g/mol. The van der Waals surface area contributed by atoms with Crippen LogP contribution in [0.15, 0.2) is 60.7 Å². The van der Waals surface area contributed by atoms with Crippen molar-refractivity contribution >= 4 is 62.3 Å². The number of carbonyl (C=O) groups is 1. The summed E-state index contributed by atoms with van der Waals surface area (Å²) in [5.74, 6) is -0.0592. The van der Waals surface area contributed by atoms with Crippen LogP contribution < -0.4 is 10.6 Å². The number of hydrogen-bond acceptors (Lipinski definition) is 3. The van der Waals surface area contributed by atoms with Gasteiger partial charge in [-0.15, -0.1) is 0 Å². The van der Waals surface area contributed by atoms with Gasteiger partial charge in [0.25, 0.3) is 5.91 Å². The van der Waals surface area contributed by atoms with Crippen molar-refractivity contribution in [3.8, 4) is 5.75 Å². The molecular weight excluding hydrogens is 435 g/mol. The Hall–Kier alpha value is -2.19. The topological polar surface area (TPSA) is 61.4 Å². The summed E-state index contributed by atoms with van der Waals surface area (Å²) in [4.78, 5) is 12.2. The minimum Gasteiger partial charge on any atom is -0.508 e. The molecule has 3 N–H and O–H groups in total. The summed E-state index contributed by atoms with van der Waals surface area (Å²) in [5, 5.41) is 17.3. The van der Waals surface area contributed by atoms with Gasteiger partial charge >= 0.3 is 0 Å². The van der Waals surface area contributed by atoms with Crippen molar-refractivity contribution in [2.45, 2.75) is 0 Å². The fourth-order valence-corrected chi connectivity index (χ4v) is 2.87. The first-order chi connectivity index (χ1) is 11.5. The molecule has 0 aromatic heterocycles. The second-order valence-corrected chi connectivity index (χ2v) is 6.78. The molecule has 0 aliphatic heterocycles. The zero-order valence-electron chi connectivity index (χ0n) is 12.4. The number of halogens is 1. The Bertz CT molecular complexity index is 926. The van der Waals surface area contributed by atoms with E-state index < -0.39 is 0 Å². The van der Waals surface area contributed by atoms with E-state index >= 15 is 0 Å². The first-order valence-electron chi connectivity index (χ1n) is 7.12. The smallest absolute Gasteiger partial charge is 0.257 e. The Balaban J connectivity index is 1.75. The molecule has 0 aliphatic carbocycles. The van der Waals surface area contributed by atoms with E-state index in [4.69, 9.17) is 12.2 Å². The summed E-state index contributed by atoms with van der Waals surface area (Å²) in [7, 11) is 0. The summed E-state index contributed by atoms with van der Waals surface area (Å²) in [6.45, 7) is 0. The molecule has 120 valence electrons. The Morgan fingerprint density at radius 2 is 1.79 bits per heavy atom. The van der Waals surface area contributed by atoms with E-state index in [1.165, 1.54) is 0 Å². The molecule has 0 unspecified atom stereocenters. The first-order valence-corrected chi connectivity index (χ1v) is 8.61. The SMILES string of the molecule is O=C(NC(=S)Nc1cccc2cc(O)ccc12)c1ccc(I)cc1. The van der Waals surface area contributed by atoms with Crippen LogP contribution in [0.1, 0.15) is 10.4 Å². The van der Waals surface area contributed by atoms with Gasteiger partial charge in [0, 0.05) is 20.2 Å². The summed E-state index contributed by atoms with van der Waals surface area (Å²) in [6, 6.07) is 17.9.